The molecule has 2 aromatic carbocycles. The fourth-order valence-corrected chi connectivity index (χ4v) is 3.31. The molecular weight excluding hydrogens is 342 g/mol. The number of aromatic nitrogens is 1. The van der Waals surface area contributed by atoms with Crippen molar-refractivity contribution in [2.75, 3.05) is 5.32 Å². The van der Waals surface area contributed by atoms with Gasteiger partial charge in [-0.05, 0) is 74.0 Å². The molecule has 0 bridgehead atoms. The topological polar surface area (TPSA) is 39.9 Å². The zero-order chi connectivity index (χ0) is 20.1. The molecule has 3 heteroatoms. The number of fused-ring (bicyclic) bond motifs is 1. The van der Waals surface area contributed by atoms with Crippen molar-refractivity contribution in [3.63, 3.8) is 0 Å². The van der Waals surface area contributed by atoms with Crippen LogP contribution < -0.4 is 10.6 Å². The number of allylic oxidation sites excluding steroid dienone is 4. The Bertz CT molecular complexity index is 997. The van der Waals surface area contributed by atoms with E-state index in [9.17, 15) is 0 Å². The second kappa shape index (κ2) is 8.66. The first-order valence-electron chi connectivity index (χ1n) is 9.62. The number of aromatic amines is 1. The van der Waals surface area contributed by atoms with Gasteiger partial charge in [0.15, 0.2) is 0 Å². The molecule has 28 heavy (non-hydrogen) atoms. The number of hydrogen-bond acceptors (Lipinski definition) is 2. The average Bonchev–Trinajstić information content (AvgIpc) is 3.03. The van der Waals surface area contributed by atoms with Gasteiger partial charge in [0.25, 0.3) is 0 Å². The van der Waals surface area contributed by atoms with Gasteiger partial charge >= 0.3 is 0 Å². The van der Waals surface area contributed by atoms with Crippen LogP contribution >= 0.6 is 0 Å². The average molecular weight is 372 g/mol. The van der Waals surface area contributed by atoms with Crippen molar-refractivity contribution >= 4 is 16.6 Å². The monoisotopic (exact) mass is 371 g/mol. The number of H-pyrrole nitrogens is 1. The van der Waals surface area contributed by atoms with Gasteiger partial charge in [-0.3, -0.25) is 0 Å². The van der Waals surface area contributed by atoms with Gasteiger partial charge in [0.05, 0.1) is 5.82 Å². The highest BCUT2D eigenvalue weighted by molar-refractivity contribution is 5.80. The SMILES string of the molecule is C=C(N/C(C)=C(C)/C=C\Cc1cc2ccccc2[nH]1)Nc1cc(C)cc(C)c1. The van der Waals surface area contributed by atoms with Gasteiger partial charge in [-0.1, -0.05) is 43.0 Å². The molecule has 0 spiro atoms. The number of aryl methyl sites for hydroxylation is 2. The van der Waals surface area contributed by atoms with Crippen molar-refractivity contribution in [1.29, 1.82) is 0 Å². The second-order valence-corrected chi connectivity index (χ2v) is 7.40. The fourth-order valence-electron chi connectivity index (χ4n) is 3.31. The summed E-state index contributed by atoms with van der Waals surface area (Å²) in [5.74, 6) is 0.769. The van der Waals surface area contributed by atoms with Crippen LogP contribution in [-0.4, -0.2) is 4.98 Å². The van der Waals surface area contributed by atoms with Gasteiger partial charge in [-0.15, -0.1) is 0 Å². The van der Waals surface area contributed by atoms with Crippen LogP contribution in [-0.2, 0) is 6.42 Å². The third-order valence-corrected chi connectivity index (χ3v) is 4.74. The Hall–Kier alpha value is -3.20. The van der Waals surface area contributed by atoms with E-state index >= 15 is 0 Å². The van der Waals surface area contributed by atoms with E-state index < -0.39 is 0 Å². The number of benzene rings is 2. The predicted octanol–water partition coefficient (Wildman–Crippen LogP) is 6.35. The molecule has 0 aliphatic carbocycles. The Morgan fingerprint density at radius 3 is 2.46 bits per heavy atom. The van der Waals surface area contributed by atoms with Gasteiger partial charge in [0, 0.05) is 29.0 Å². The highest BCUT2D eigenvalue weighted by atomic mass is 15.1. The summed E-state index contributed by atoms with van der Waals surface area (Å²) >= 11 is 0. The molecule has 0 unspecified atom stereocenters. The molecule has 3 aromatic rings. The first-order chi connectivity index (χ1) is 13.4. The number of hydrogen-bond donors (Lipinski definition) is 3. The second-order valence-electron chi connectivity index (χ2n) is 7.40. The van der Waals surface area contributed by atoms with Crippen LogP contribution in [0.25, 0.3) is 10.9 Å². The zero-order valence-electron chi connectivity index (χ0n) is 17.2. The van der Waals surface area contributed by atoms with Gasteiger partial charge in [0.1, 0.15) is 0 Å². The van der Waals surface area contributed by atoms with E-state index in [1.54, 1.807) is 0 Å². The maximum Gasteiger partial charge on any atom is 0.0999 e. The van der Waals surface area contributed by atoms with Gasteiger partial charge < -0.3 is 15.6 Å². The Morgan fingerprint density at radius 1 is 1.04 bits per heavy atom. The first-order valence-corrected chi connectivity index (χ1v) is 9.62. The minimum absolute atomic E-state index is 0.769. The predicted molar refractivity (Wildman–Crippen MR) is 121 cm³/mol. The highest BCUT2D eigenvalue weighted by Gasteiger charge is 2.01. The minimum Gasteiger partial charge on any atom is -0.358 e. The lowest BCUT2D eigenvalue weighted by molar-refractivity contribution is 0.960. The van der Waals surface area contributed by atoms with Crippen LogP contribution in [0.3, 0.4) is 0 Å². The molecule has 144 valence electrons. The molecule has 0 atom stereocenters. The molecule has 0 aliphatic heterocycles. The first kappa shape index (κ1) is 19.6. The van der Waals surface area contributed by atoms with Crippen molar-refractivity contribution in [1.82, 2.24) is 10.3 Å². The van der Waals surface area contributed by atoms with Crippen LogP contribution in [0, 0.1) is 13.8 Å². The lowest BCUT2D eigenvalue weighted by Gasteiger charge is -2.15. The Balaban J connectivity index is 1.58. The van der Waals surface area contributed by atoms with E-state index in [4.69, 9.17) is 0 Å². The fraction of sp³-hybridized carbons (Fsp3) is 0.200. The molecule has 0 aliphatic rings. The minimum atomic E-state index is 0.769. The van der Waals surface area contributed by atoms with Crippen molar-refractivity contribution in [2.24, 2.45) is 0 Å². The normalized spacial score (nSPS) is 12.3. The Morgan fingerprint density at radius 2 is 1.75 bits per heavy atom. The quantitative estimate of drug-likeness (QED) is 0.423. The number of rotatable bonds is 7. The van der Waals surface area contributed by atoms with E-state index in [0.29, 0.717) is 0 Å². The summed E-state index contributed by atoms with van der Waals surface area (Å²) in [6.07, 6.45) is 5.21. The van der Waals surface area contributed by atoms with Crippen molar-refractivity contribution in [3.05, 3.63) is 101 Å². The van der Waals surface area contributed by atoms with Gasteiger partial charge in [-0.2, -0.15) is 0 Å². The number of anilines is 1. The van der Waals surface area contributed by atoms with Crippen molar-refractivity contribution < 1.29 is 0 Å². The molecular formula is C25H29N3. The molecule has 0 amide bonds. The summed E-state index contributed by atoms with van der Waals surface area (Å²) in [5.41, 5.74) is 8.18. The lowest BCUT2D eigenvalue weighted by atomic mass is 10.1. The summed E-state index contributed by atoms with van der Waals surface area (Å²) in [6, 6.07) is 17.0. The summed E-state index contributed by atoms with van der Waals surface area (Å²) in [4.78, 5) is 3.46. The van der Waals surface area contributed by atoms with Crippen molar-refractivity contribution in [2.45, 2.75) is 34.1 Å². The summed E-state index contributed by atoms with van der Waals surface area (Å²) in [6.45, 7) is 12.5. The highest BCUT2D eigenvalue weighted by Crippen LogP contribution is 2.17. The smallest absolute Gasteiger partial charge is 0.0999 e. The molecule has 0 saturated heterocycles. The summed E-state index contributed by atoms with van der Waals surface area (Å²) in [7, 11) is 0. The molecule has 1 heterocycles. The molecule has 0 fully saturated rings. The third-order valence-electron chi connectivity index (χ3n) is 4.74. The van der Waals surface area contributed by atoms with Crippen LogP contribution in [0.2, 0.25) is 0 Å². The maximum atomic E-state index is 4.10. The summed E-state index contributed by atoms with van der Waals surface area (Å²) < 4.78 is 0. The third kappa shape index (κ3) is 5.17. The Labute approximate surface area is 167 Å². The van der Waals surface area contributed by atoms with E-state index in [2.05, 4.69) is 111 Å². The number of nitrogens with one attached hydrogen (secondary N) is 3. The number of para-hydroxylation sites is 1. The zero-order valence-corrected chi connectivity index (χ0v) is 17.2. The largest absolute Gasteiger partial charge is 0.358 e. The van der Waals surface area contributed by atoms with E-state index in [-0.39, 0.29) is 0 Å². The van der Waals surface area contributed by atoms with E-state index in [1.165, 1.54) is 33.3 Å². The standard InChI is InChI=1S/C25H29N3/c1-17-13-18(2)15-24(14-17)27-21(5)26-20(4)19(3)9-8-11-23-16-22-10-6-7-12-25(22)28-23/h6-10,12-16,26-28H,5,11H2,1-4H3/b9-8-,20-19+. The van der Waals surface area contributed by atoms with Gasteiger partial charge in [0.2, 0.25) is 0 Å². The van der Waals surface area contributed by atoms with E-state index in [0.717, 1.165) is 23.6 Å². The molecule has 3 rings (SSSR count). The molecule has 0 radical (unpaired) electrons. The maximum absolute atomic E-state index is 4.10. The molecule has 3 nitrogen and oxygen atoms in total. The van der Waals surface area contributed by atoms with Gasteiger partial charge in [-0.25, -0.2) is 0 Å². The van der Waals surface area contributed by atoms with Crippen molar-refractivity contribution in [3.8, 4) is 0 Å². The van der Waals surface area contributed by atoms with Crippen LogP contribution in [0.4, 0.5) is 5.69 Å². The summed E-state index contributed by atoms with van der Waals surface area (Å²) in [5, 5.41) is 7.94. The Kier molecular flexibility index (Phi) is 6.05. The molecule has 3 N–H and O–H groups in total. The van der Waals surface area contributed by atoms with Crippen LogP contribution in [0.1, 0.15) is 30.7 Å². The van der Waals surface area contributed by atoms with E-state index in [1.807, 2.05) is 0 Å². The van der Waals surface area contributed by atoms with Crippen LogP contribution in [0.5, 0.6) is 0 Å². The van der Waals surface area contributed by atoms with Crippen LogP contribution in [0.15, 0.2) is 84.4 Å². The molecule has 0 saturated carbocycles. The molecule has 1 aromatic heterocycles. The lowest BCUT2D eigenvalue weighted by Crippen LogP contribution is -2.17.